The summed E-state index contributed by atoms with van der Waals surface area (Å²) in [6, 6.07) is 5.24. The van der Waals surface area contributed by atoms with Crippen LogP contribution in [0, 0.1) is 12.3 Å². The van der Waals surface area contributed by atoms with Gasteiger partial charge in [-0.25, -0.2) is 0 Å². The van der Waals surface area contributed by atoms with Crippen LogP contribution in [0.15, 0.2) is 22.7 Å². The number of hydrogen-bond donors (Lipinski definition) is 1. The third-order valence-electron chi connectivity index (χ3n) is 1.98. The number of carbonyl (C=O) groups is 1. The van der Waals surface area contributed by atoms with Gasteiger partial charge in [0.25, 0.3) is 5.91 Å². The fourth-order valence-corrected chi connectivity index (χ4v) is 1.74. The molecule has 0 aliphatic carbocycles. The average Bonchev–Trinajstić information content (AvgIpc) is 2.28. The first-order valence-corrected chi connectivity index (χ1v) is 5.99. The van der Waals surface area contributed by atoms with E-state index >= 15 is 0 Å². The molecule has 84 valence electrons. The zero-order chi connectivity index (χ0) is 12.0. The maximum Gasteiger partial charge on any atom is 0.252 e. The molecule has 0 saturated carbocycles. The van der Waals surface area contributed by atoms with Gasteiger partial charge in [0.05, 0.1) is 10.6 Å². The highest BCUT2D eigenvalue weighted by Crippen LogP contribution is 2.25. The average molecular weight is 301 g/mol. The molecule has 1 aromatic carbocycles. The Morgan fingerprint density at radius 3 is 3.00 bits per heavy atom. The number of unbranched alkanes of at least 4 members (excludes halogenated alkanes) is 1. The molecule has 1 rings (SSSR count). The van der Waals surface area contributed by atoms with Crippen molar-refractivity contribution in [3.63, 3.8) is 0 Å². The number of carbonyl (C=O) groups excluding carboxylic acids is 1. The van der Waals surface area contributed by atoms with E-state index in [0.29, 0.717) is 28.0 Å². The Bertz CT molecular complexity index is 426. The summed E-state index contributed by atoms with van der Waals surface area (Å²) in [5, 5.41) is 3.19. The van der Waals surface area contributed by atoms with Gasteiger partial charge in [-0.05, 0) is 34.5 Å². The van der Waals surface area contributed by atoms with E-state index in [0.717, 1.165) is 6.42 Å². The molecule has 0 aliphatic rings. The predicted octanol–water partition coefficient (Wildman–Crippen LogP) is 3.25. The third kappa shape index (κ3) is 3.55. The standard InChI is InChI=1S/C12H11BrClNO/c1-2-3-4-8-15-12(16)9-6-5-7-10(13)11(9)14/h1,5-7H,3-4,8H2,(H,15,16). The highest BCUT2D eigenvalue weighted by atomic mass is 79.9. The van der Waals surface area contributed by atoms with Crippen LogP contribution >= 0.6 is 27.5 Å². The lowest BCUT2D eigenvalue weighted by molar-refractivity contribution is 0.0953. The number of halogens is 2. The fraction of sp³-hybridized carbons (Fsp3) is 0.250. The van der Waals surface area contributed by atoms with Gasteiger partial charge < -0.3 is 5.32 Å². The molecule has 0 atom stereocenters. The summed E-state index contributed by atoms with van der Waals surface area (Å²) in [5.41, 5.74) is 0.469. The van der Waals surface area contributed by atoms with Gasteiger partial charge in [0.15, 0.2) is 0 Å². The zero-order valence-electron chi connectivity index (χ0n) is 8.59. The molecule has 0 aliphatic heterocycles. The maximum absolute atomic E-state index is 11.7. The van der Waals surface area contributed by atoms with Crippen LogP contribution in [-0.4, -0.2) is 12.5 Å². The summed E-state index contributed by atoms with van der Waals surface area (Å²) in [7, 11) is 0. The Kier molecular flexibility index (Phi) is 5.37. The van der Waals surface area contributed by atoms with Crippen molar-refractivity contribution in [1.82, 2.24) is 5.32 Å². The Labute approximate surface area is 109 Å². The molecular weight excluding hydrogens is 289 g/mol. The highest BCUT2D eigenvalue weighted by molar-refractivity contribution is 9.10. The molecule has 1 N–H and O–H groups in total. The Hall–Kier alpha value is -0.980. The molecule has 1 amide bonds. The zero-order valence-corrected chi connectivity index (χ0v) is 10.9. The van der Waals surface area contributed by atoms with E-state index in [2.05, 4.69) is 27.2 Å². The summed E-state index contributed by atoms with van der Waals surface area (Å²) in [6.07, 6.45) is 6.54. The quantitative estimate of drug-likeness (QED) is 0.671. The summed E-state index contributed by atoms with van der Waals surface area (Å²) < 4.78 is 0.713. The van der Waals surface area contributed by atoms with Crippen LogP contribution in [0.2, 0.25) is 5.02 Å². The summed E-state index contributed by atoms with van der Waals surface area (Å²) in [5.74, 6) is 2.34. The van der Waals surface area contributed by atoms with E-state index in [4.69, 9.17) is 18.0 Å². The van der Waals surface area contributed by atoms with E-state index in [-0.39, 0.29) is 5.91 Å². The molecule has 16 heavy (non-hydrogen) atoms. The first-order valence-electron chi connectivity index (χ1n) is 4.82. The second-order valence-electron chi connectivity index (χ2n) is 3.16. The predicted molar refractivity (Wildman–Crippen MR) is 69.6 cm³/mol. The summed E-state index contributed by atoms with van der Waals surface area (Å²) in [4.78, 5) is 11.7. The highest BCUT2D eigenvalue weighted by Gasteiger charge is 2.11. The van der Waals surface area contributed by atoms with Gasteiger partial charge in [-0.3, -0.25) is 4.79 Å². The maximum atomic E-state index is 11.7. The van der Waals surface area contributed by atoms with E-state index in [1.54, 1.807) is 18.2 Å². The van der Waals surface area contributed by atoms with E-state index < -0.39 is 0 Å². The second-order valence-corrected chi connectivity index (χ2v) is 4.40. The first kappa shape index (κ1) is 13.1. The molecule has 0 bridgehead atoms. The largest absolute Gasteiger partial charge is 0.352 e. The van der Waals surface area contributed by atoms with Crippen LogP contribution in [-0.2, 0) is 0 Å². The number of terminal acetylenes is 1. The number of rotatable bonds is 4. The molecule has 0 spiro atoms. The van der Waals surface area contributed by atoms with Gasteiger partial charge in [0.1, 0.15) is 0 Å². The summed E-state index contributed by atoms with van der Waals surface area (Å²) >= 11 is 9.26. The Balaban J connectivity index is 2.60. The second kappa shape index (κ2) is 6.57. The molecule has 0 fully saturated rings. The fourth-order valence-electron chi connectivity index (χ4n) is 1.17. The molecule has 0 radical (unpaired) electrons. The van der Waals surface area contributed by atoms with Gasteiger partial charge in [-0.1, -0.05) is 17.7 Å². The van der Waals surface area contributed by atoms with Crippen LogP contribution in [0.1, 0.15) is 23.2 Å². The van der Waals surface area contributed by atoms with Gasteiger partial charge in [-0.2, -0.15) is 0 Å². The third-order valence-corrected chi connectivity index (χ3v) is 3.28. The summed E-state index contributed by atoms with van der Waals surface area (Å²) in [6.45, 7) is 0.561. The van der Waals surface area contributed by atoms with Crippen molar-refractivity contribution in [2.24, 2.45) is 0 Å². The van der Waals surface area contributed by atoms with E-state index in [9.17, 15) is 4.79 Å². The smallest absolute Gasteiger partial charge is 0.252 e. The molecule has 0 saturated heterocycles. The lowest BCUT2D eigenvalue weighted by Gasteiger charge is -2.06. The molecule has 0 aromatic heterocycles. The lowest BCUT2D eigenvalue weighted by atomic mass is 10.2. The van der Waals surface area contributed by atoms with Gasteiger partial charge >= 0.3 is 0 Å². The minimum atomic E-state index is -0.177. The van der Waals surface area contributed by atoms with Crippen molar-refractivity contribution in [3.8, 4) is 12.3 Å². The molecule has 1 aromatic rings. The van der Waals surface area contributed by atoms with Crippen LogP contribution < -0.4 is 5.32 Å². The number of hydrogen-bond acceptors (Lipinski definition) is 1. The monoisotopic (exact) mass is 299 g/mol. The van der Waals surface area contributed by atoms with E-state index in [1.807, 2.05) is 0 Å². The first-order chi connectivity index (χ1) is 7.66. The van der Waals surface area contributed by atoms with Crippen molar-refractivity contribution in [1.29, 1.82) is 0 Å². The van der Waals surface area contributed by atoms with Crippen LogP contribution in [0.4, 0.5) is 0 Å². The molecule has 4 heteroatoms. The van der Waals surface area contributed by atoms with Crippen molar-refractivity contribution < 1.29 is 4.79 Å². The molecule has 0 unspecified atom stereocenters. The number of amides is 1. The Morgan fingerprint density at radius 2 is 2.31 bits per heavy atom. The number of nitrogens with one attached hydrogen (secondary N) is 1. The van der Waals surface area contributed by atoms with Crippen molar-refractivity contribution >= 4 is 33.4 Å². The van der Waals surface area contributed by atoms with Crippen molar-refractivity contribution in [2.45, 2.75) is 12.8 Å². The van der Waals surface area contributed by atoms with Crippen molar-refractivity contribution in [3.05, 3.63) is 33.3 Å². The molecular formula is C12H11BrClNO. The van der Waals surface area contributed by atoms with E-state index in [1.165, 1.54) is 0 Å². The molecule has 0 heterocycles. The minimum Gasteiger partial charge on any atom is -0.352 e. The van der Waals surface area contributed by atoms with Crippen molar-refractivity contribution in [2.75, 3.05) is 6.54 Å². The molecule has 2 nitrogen and oxygen atoms in total. The van der Waals surface area contributed by atoms with Crippen LogP contribution in [0.25, 0.3) is 0 Å². The normalized spacial score (nSPS) is 9.56. The van der Waals surface area contributed by atoms with Crippen LogP contribution in [0.3, 0.4) is 0 Å². The Morgan fingerprint density at radius 1 is 1.56 bits per heavy atom. The SMILES string of the molecule is C#CCCCNC(=O)c1cccc(Br)c1Cl. The topological polar surface area (TPSA) is 29.1 Å². The van der Waals surface area contributed by atoms with Gasteiger partial charge in [0.2, 0.25) is 0 Å². The van der Waals surface area contributed by atoms with Gasteiger partial charge in [0, 0.05) is 17.4 Å². The van der Waals surface area contributed by atoms with Gasteiger partial charge in [-0.15, -0.1) is 12.3 Å². The minimum absolute atomic E-state index is 0.177. The van der Waals surface area contributed by atoms with Crippen LogP contribution in [0.5, 0.6) is 0 Å². The lowest BCUT2D eigenvalue weighted by Crippen LogP contribution is -2.24. The number of benzene rings is 1.